The van der Waals surface area contributed by atoms with Gasteiger partial charge >= 0.3 is 17.9 Å². The van der Waals surface area contributed by atoms with Crippen molar-refractivity contribution in [2.45, 2.75) is 64.9 Å². The third-order valence-electron chi connectivity index (χ3n) is 4.50. The largest absolute Gasteiger partial charge is 0.453 e. The fraction of sp³-hybridized carbons (Fsp3) is 0.722. The van der Waals surface area contributed by atoms with E-state index in [1.807, 2.05) is 6.92 Å². The van der Waals surface area contributed by atoms with Crippen molar-refractivity contribution in [2.24, 2.45) is 5.41 Å². The van der Waals surface area contributed by atoms with E-state index in [9.17, 15) is 14.4 Å². The molecular weight excluding hydrogens is 312 g/mol. The predicted octanol–water partition coefficient (Wildman–Crippen LogP) is 2.94. The molecule has 1 aliphatic rings. The maximum atomic E-state index is 11.9. The van der Waals surface area contributed by atoms with E-state index < -0.39 is 42.1 Å². The third kappa shape index (κ3) is 5.98. The Labute approximate surface area is 143 Å². The minimum atomic E-state index is -0.775. The average Bonchev–Trinajstić information content (AvgIpc) is 2.58. The standard InChI is InChI=1S/C18H28O6/c1-5-17(3,4)16(21)23-12-14(19)22-13-15(20)24-18(6-2)10-8-7-9-11-18/h6H,2,5,7-13H2,1,3-4H3. The zero-order chi connectivity index (χ0) is 18.2. The van der Waals surface area contributed by atoms with Crippen LogP contribution in [0.2, 0.25) is 0 Å². The maximum absolute atomic E-state index is 11.9. The Balaban J connectivity index is 2.34. The molecule has 0 aromatic heterocycles. The van der Waals surface area contributed by atoms with Gasteiger partial charge in [0.1, 0.15) is 5.60 Å². The lowest BCUT2D eigenvalue weighted by atomic mass is 9.85. The van der Waals surface area contributed by atoms with Gasteiger partial charge in [0, 0.05) is 0 Å². The van der Waals surface area contributed by atoms with Crippen molar-refractivity contribution < 1.29 is 28.6 Å². The van der Waals surface area contributed by atoms with Gasteiger partial charge in [-0.3, -0.25) is 4.79 Å². The molecule has 0 atom stereocenters. The summed E-state index contributed by atoms with van der Waals surface area (Å²) < 4.78 is 15.1. The number of esters is 3. The summed E-state index contributed by atoms with van der Waals surface area (Å²) in [6.07, 6.45) is 6.78. The van der Waals surface area contributed by atoms with Gasteiger partial charge in [-0.25, -0.2) is 9.59 Å². The third-order valence-corrected chi connectivity index (χ3v) is 4.50. The van der Waals surface area contributed by atoms with Gasteiger partial charge < -0.3 is 14.2 Å². The van der Waals surface area contributed by atoms with Gasteiger partial charge in [0.25, 0.3) is 0 Å². The summed E-state index contributed by atoms with van der Waals surface area (Å²) in [5, 5.41) is 0. The van der Waals surface area contributed by atoms with Crippen LogP contribution in [0, 0.1) is 5.41 Å². The van der Waals surface area contributed by atoms with Gasteiger partial charge in [0.05, 0.1) is 5.41 Å². The first-order chi connectivity index (χ1) is 11.2. The van der Waals surface area contributed by atoms with Crippen LogP contribution >= 0.6 is 0 Å². The molecule has 0 aliphatic heterocycles. The smallest absolute Gasteiger partial charge is 0.345 e. The van der Waals surface area contributed by atoms with Gasteiger partial charge in [-0.15, -0.1) is 0 Å². The SMILES string of the molecule is C=CC1(OC(=O)COC(=O)COC(=O)C(C)(C)CC)CCCCC1. The number of carbonyl (C=O) groups is 3. The Morgan fingerprint density at radius 3 is 2.17 bits per heavy atom. The van der Waals surface area contributed by atoms with Crippen LogP contribution in [0.15, 0.2) is 12.7 Å². The average molecular weight is 340 g/mol. The highest BCUT2D eigenvalue weighted by Crippen LogP contribution is 2.32. The second kappa shape index (κ2) is 8.85. The Kier molecular flexibility index (Phi) is 7.45. The highest BCUT2D eigenvalue weighted by molar-refractivity contribution is 5.81. The molecule has 24 heavy (non-hydrogen) atoms. The summed E-state index contributed by atoms with van der Waals surface area (Å²) in [6.45, 7) is 8.06. The molecule has 1 saturated carbocycles. The summed E-state index contributed by atoms with van der Waals surface area (Å²) in [6, 6.07) is 0. The van der Waals surface area contributed by atoms with Crippen LogP contribution in [-0.2, 0) is 28.6 Å². The normalized spacial score (nSPS) is 16.8. The minimum absolute atomic E-state index is 0.475. The van der Waals surface area contributed by atoms with Gasteiger partial charge in [-0.1, -0.05) is 19.9 Å². The van der Waals surface area contributed by atoms with Crippen molar-refractivity contribution in [1.29, 1.82) is 0 Å². The van der Waals surface area contributed by atoms with E-state index in [0.29, 0.717) is 6.42 Å². The first-order valence-corrected chi connectivity index (χ1v) is 8.43. The van der Waals surface area contributed by atoms with Crippen molar-refractivity contribution in [1.82, 2.24) is 0 Å². The van der Waals surface area contributed by atoms with E-state index in [1.54, 1.807) is 19.9 Å². The Hall–Kier alpha value is -1.85. The number of hydrogen-bond acceptors (Lipinski definition) is 6. The molecule has 1 fully saturated rings. The van der Waals surface area contributed by atoms with Crippen LogP contribution in [0.3, 0.4) is 0 Å². The topological polar surface area (TPSA) is 78.9 Å². The molecule has 0 bridgehead atoms. The Bertz CT molecular complexity index is 474. The highest BCUT2D eigenvalue weighted by atomic mass is 16.6. The number of hydrogen-bond donors (Lipinski definition) is 0. The highest BCUT2D eigenvalue weighted by Gasteiger charge is 2.33. The molecule has 0 heterocycles. The second-order valence-corrected chi connectivity index (χ2v) is 6.78. The lowest BCUT2D eigenvalue weighted by Crippen LogP contribution is -2.36. The predicted molar refractivity (Wildman–Crippen MR) is 88.1 cm³/mol. The first-order valence-electron chi connectivity index (χ1n) is 8.43. The molecule has 6 heteroatoms. The van der Waals surface area contributed by atoms with Gasteiger partial charge in [0.15, 0.2) is 13.2 Å². The van der Waals surface area contributed by atoms with Crippen molar-refractivity contribution >= 4 is 17.9 Å². The quantitative estimate of drug-likeness (QED) is 0.384. The molecule has 1 aliphatic carbocycles. The van der Waals surface area contributed by atoms with Gasteiger partial charge in [-0.2, -0.15) is 0 Å². The zero-order valence-electron chi connectivity index (χ0n) is 14.9. The summed E-state index contributed by atoms with van der Waals surface area (Å²) >= 11 is 0. The van der Waals surface area contributed by atoms with Crippen molar-refractivity contribution in [2.75, 3.05) is 13.2 Å². The van der Waals surface area contributed by atoms with E-state index in [0.717, 1.165) is 32.1 Å². The summed E-state index contributed by atoms with van der Waals surface area (Å²) in [5.74, 6) is -1.87. The van der Waals surface area contributed by atoms with Crippen LogP contribution in [0.25, 0.3) is 0 Å². The van der Waals surface area contributed by atoms with E-state index in [4.69, 9.17) is 14.2 Å². The Morgan fingerprint density at radius 1 is 1.04 bits per heavy atom. The Morgan fingerprint density at radius 2 is 1.62 bits per heavy atom. The molecule has 0 aromatic rings. The second-order valence-electron chi connectivity index (χ2n) is 6.78. The van der Waals surface area contributed by atoms with Crippen LogP contribution in [0.1, 0.15) is 59.3 Å². The fourth-order valence-corrected chi connectivity index (χ4v) is 2.40. The molecule has 0 saturated heterocycles. The van der Waals surface area contributed by atoms with Crippen LogP contribution in [-0.4, -0.2) is 36.7 Å². The maximum Gasteiger partial charge on any atom is 0.345 e. The molecule has 0 N–H and O–H groups in total. The molecule has 136 valence electrons. The van der Waals surface area contributed by atoms with E-state index in [-0.39, 0.29) is 0 Å². The van der Waals surface area contributed by atoms with E-state index in [1.165, 1.54) is 0 Å². The first kappa shape index (κ1) is 20.2. The van der Waals surface area contributed by atoms with Crippen LogP contribution in [0.5, 0.6) is 0 Å². The zero-order valence-corrected chi connectivity index (χ0v) is 14.9. The number of carbonyl (C=O) groups excluding carboxylic acids is 3. The van der Waals surface area contributed by atoms with E-state index in [2.05, 4.69) is 6.58 Å². The van der Waals surface area contributed by atoms with Crippen molar-refractivity contribution in [3.63, 3.8) is 0 Å². The molecule has 0 aromatic carbocycles. The minimum Gasteiger partial charge on any atom is -0.453 e. The van der Waals surface area contributed by atoms with Crippen LogP contribution in [0.4, 0.5) is 0 Å². The van der Waals surface area contributed by atoms with Crippen molar-refractivity contribution in [3.05, 3.63) is 12.7 Å². The van der Waals surface area contributed by atoms with Gasteiger partial charge in [-0.05, 0) is 52.0 Å². The molecular formula is C18H28O6. The summed E-state index contributed by atoms with van der Waals surface area (Å²) in [5.41, 5.74) is -1.31. The lowest BCUT2D eigenvalue weighted by Gasteiger charge is -2.33. The molecule has 0 amide bonds. The summed E-state index contributed by atoms with van der Waals surface area (Å²) in [7, 11) is 0. The van der Waals surface area contributed by atoms with Crippen molar-refractivity contribution in [3.8, 4) is 0 Å². The molecule has 0 unspecified atom stereocenters. The van der Waals surface area contributed by atoms with Gasteiger partial charge in [0.2, 0.25) is 0 Å². The molecule has 6 nitrogen and oxygen atoms in total. The lowest BCUT2D eigenvalue weighted by molar-refractivity contribution is -0.173. The van der Waals surface area contributed by atoms with E-state index >= 15 is 0 Å². The molecule has 0 spiro atoms. The summed E-state index contributed by atoms with van der Waals surface area (Å²) in [4.78, 5) is 35.2. The molecule has 0 radical (unpaired) electrons. The van der Waals surface area contributed by atoms with Crippen LogP contribution < -0.4 is 0 Å². The monoisotopic (exact) mass is 340 g/mol. The molecule has 1 rings (SSSR count). The number of rotatable bonds is 8. The number of ether oxygens (including phenoxy) is 3. The fourth-order valence-electron chi connectivity index (χ4n) is 2.40.